The first kappa shape index (κ1) is 22.5. The highest BCUT2D eigenvalue weighted by molar-refractivity contribution is 14.0. The van der Waals surface area contributed by atoms with Gasteiger partial charge in [0.25, 0.3) is 0 Å². The van der Waals surface area contributed by atoms with E-state index >= 15 is 0 Å². The number of rotatable bonds is 6. The molecule has 1 fully saturated rings. The first-order chi connectivity index (χ1) is 13.2. The number of nitrogens with one attached hydrogen (secondary N) is 2. The minimum atomic E-state index is 0. The van der Waals surface area contributed by atoms with Crippen LogP contribution in [0.25, 0.3) is 0 Å². The van der Waals surface area contributed by atoms with Crippen LogP contribution in [-0.2, 0) is 13.1 Å². The Hall–Kier alpha value is -1.77. The zero-order chi connectivity index (χ0) is 19.1. The molecule has 3 rings (SSSR count). The average Bonchev–Trinajstić information content (AvgIpc) is 3.12. The first-order valence-corrected chi connectivity index (χ1v) is 9.93. The van der Waals surface area contributed by atoms with Crippen molar-refractivity contribution in [1.82, 2.24) is 20.2 Å². The van der Waals surface area contributed by atoms with Gasteiger partial charge >= 0.3 is 0 Å². The summed E-state index contributed by atoms with van der Waals surface area (Å²) in [5, 5.41) is 7.01. The number of nitrogens with zero attached hydrogens (tertiary/aromatic N) is 4. The molecular weight excluding hydrogens is 463 g/mol. The van der Waals surface area contributed by atoms with Crippen LogP contribution >= 0.6 is 24.0 Å². The van der Waals surface area contributed by atoms with E-state index in [9.17, 15) is 0 Å². The minimum Gasteiger partial charge on any atom is -0.369 e. The van der Waals surface area contributed by atoms with E-state index in [2.05, 4.69) is 74.3 Å². The van der Waals surface area contributed by atoms with Crippen LogP contribution in [-0.4, -0.2) is 41.7 Å². The van der Waals surface area contributed by atoms with E-state index in [1.54, 1.807) is 0 Å². The summed E-state index contributed by atoms with van der Waals surface area (Å²) in [4.78, 5) is 11.3. The molecule has 28 heavy (non-hydrogen) atoms. The van der Waals surface area contributed by atoms with E-state index in [0.717, 1.165) is 37.8 Å². The van der Waals surface area contributed by atoms with Gasteiger partial charge < -0.3 is 20.1 Å². The number of aliphatic imine (C=N–C) groups is 1. The Morgan fingerprint density at radius 3 is 2.79 bits per heavy atom. The second-order valence-electron chi connectivity index (χ2n) is 7.58. The Labute approximate surface area is 185 Å². The monoisotopic (exact) mass is 496 g/mol. The summed E-state index contributed by atoms with van der Waals surface area (Å²) in [6.45, 7) is 8.21. The van der Waals surface area contributed by atoms with Crippen molar-refractivity contribution in [2.24, 2.45) is 10.9 Å². The summed E-state index contributed by atoms with van der Waals surface area (Å²) in [5.74, 6) is 2.48. The van der Waals surface area contributed by atoms with Crippen LogP contribution in [0, 0.1) is 5.92 Å². The average molecular weight is 496 g/mol. The lowest BCUT2D eigenvalue weighted by molar-refractivity contribution is 0.466. The maximum Gasteiger partial charge on any atom is 0.191 e. The van der Waals surface area contributed by atoms with Gasteiger partial charge in [0, 0.05) is 50.8 Å². The molecule has 1 aliphatic rings. The predicted molar refractivity (Wildman–Crippen MR) is 127 cm³/mol. The smallest absolute Gasteiger partial charge is 0.191 e. The number of hydrogen-bond acceptors (Lipinski definition) is 3. The topological polar surface area (TPSA) is 57.5 Å². The van der Waals surface area contributed by atoms with Crippen LogP contribution in [0.2, 0.25) is 0 Å². The molecule has 6 nitrogen and oxygen atoms in total. The first-order valence-electron chi connectivity index (χ1n) is 9.93. The van der Waals surface area contributed by atoms with Gasteiger partial charge in [-0.15, -0.1) is 24.0 Å². The van der Waals surface area contributed by atoms with Crippen molar-refractivity contribution in [3.05, 3.63) is 48.5 Å². The molecule has 0 radical (unpaired) electrons. The standard InChI is InChI=1S/C21H32N6.HI/c1-17(2)15-27-13-11-23-20(27)14-24-21(22-3)25-18-8-7-12-26(16-18)19-9-5-4-6-10-19;/h4-6,9-11,13,17-18H,7-8,12,14-16H2,1-3H3,(H2,22,24,25);1H. The fraction of sp³-hybridized carbons (Fsp3) is 0.524. The molecule has 0 amide bonds. The van der Waals surface area contributed by atoms with Crippen molar-refractivity contribution in [3.63, 3.8) is 0 Å². The van der Waals surface area contributed by atoms with Crippen LogP contribution in [0.4, 0.5) is 5.69 Å². The summed E-state index contributed by atoms with van der Waals surface area (Å²) < 4.78 is 2.21. The van der Waals surface area contributed by atoms with Crippen LogP contribution in [0.3, 0.4) is 0 Å². The van der Waals surface area contributed by atoms with Gasteiger partial charge in [-0.25, -0.2) is 4.98 Å². The molecule has 0 aliphatic carbocycles. The van der Waals surface area contributed by atoms with Gasteiger partial charge in [0.1, 0.15) is 5.82 Å². The van der Waals surface area contributed by atoms with E-state index in [-0.39, 0.29) is 24.0 Å². The van der Waals surface area contributed by atoms with E-state index in [1.165, 1.54) is 12.1 Å². The Balaban J connectivity index is 0.00000280. The fourth-order valence-corrected chi connectivity index (χ4v) is 3.59. The summed E-state index contributed by atoms with van der Waals surface area (Å²) >= 11 is 0. The second-order valence-corrected chi connectivity index (χ2v) is 7.58. The molecule has 1 aromatic heterocycles. The molecule has 2 aromatic rings. The van der Waals surface area contributed by atoms with Crippen molar-refractivity contribution >= 4 is 35.6 Å². The fourth-order valence-electron chi connectivity index (χ4n) is 3.59. The number of benzene rings is 1. The number of guanidine groups is 1. The van der Waals surface area contributed by atoms with Crippen LogP contribution in [0.1, 0.15) is 32.5 Å². The lowest BCUT2D eigenvalue weighted by Crippen LogP contribution is -2.51. The van der Waals surface area contributed by atoms with Crippen molar-refractivity contribution < 1.29 is 0 Å². The molecule has 154 valence electrons. The van der Waals surface area contributed by atoms with Gasteiger partial charge in [-0.2, -0.15) is 0 Å². The van der Waals surface area contributed by atoms with Gasteiger partial charge in [0.05, 0.1) is 6.54 Å². The number of piperidine rings is 1. The number of hydrogen-bond donors (Lipinski definition) is 2. The molecule has 0 saturated carbocycles. The SMILES string of the molecule is CN=C(NCc1nccn1CC(C)C)NC1CCCN(c2ccccc2)C1.I. The highest BCUT2D eigenvalue weighted by Gasteiger charge is 2.21. The molecule has 7 heteroatoms. The summed E-state index contributed by atoms with van der Waals surface area (Å²) in [6, 6.07) is 11.0. The molecule has 1 saturated heterocycles. The molecule has 2 N–H and O–H groups in total. The normalized spacial score (nSPS) is 17.4. The molecule has 2 heterocycles. The van der Waals surface area contributed by atoms with Crippen molar-refractivity contribution in [1.29, 1.82) is 0 Å². The molecule has 1 unspecified atom stereocenters. The minimum absolute atomic E-state index is 0. The van der Waals surface area contributed by atoms with Crippen LogP contribution in [0.5, 0.6) is 0 Å². The summed E-state index contributed by atoms with van der Waals surface area (Å²) in [6.07, 6.45) is 6.26. The lowest BCUT2D eigenvalue weighted by Gasteiger charge is -2.35. The molecular formula is C21H33IN6. The Bertz CT molecular complexity index is 728. The number of halogens is 1. The zero-order valence-corrected chi connectivity index (χ0v) is 19.5. The number of imidazole rings is 1. The molecule has 1 aliphatic heterocycles. The molecule has 1 atom stereocenters. The van der Waals surface area contributed by atoms with Gasteiger partial charge in [-0.1, -0.05) is 32.0 Å². The van der Waals surface area contributed by atoms with E-state index in [4.69, 9.17) is 0 Å². The third kappa shape index (κ3) is 6.39. The van der Waals surface area contributed by atoms with Crippen molar-refractivity contribution in [3.8, 4) is 0 Å². The Morgan fingerprint density at radius 2 is 2.07 bits per heavy atom. The predicted octanol–water partition coefficient (Wildman–Crippen LogP) is 3.49. The van der Waals surface area contributed by atoms with Crippen molar-refractivity contribution in [2.75, 3.05) is 25.0 Å². The Kier molecular flexibility index (Phi) is 9.08. The highest BCUT2D eigenvalue weighted by atomic mass is 127. The number of aromatic nitrogens is 2. The van der Waals surface area contributed by atoms with Gasteiger partial charge in [-0.3, -0.25) is 4.99 Å². The van der Waals surface area contributed by atoms with E-state index in [0.29, 0.717) is 18.5 Å². The quantitative estimate of drug-likeness (QED) is 0.365. The van der Waals surface area contributed by atoms with E-state index < -0.39 is 0 Å². The zero-order valence-electron chi connectivity index (χ0n) is 17.1. The molecule has 0 spiro atoms. The largest absolute Gasteiger partial charge is 0.369 e. The second kappa shape index (κ2) is 11.3. The molecule has 0 bridgehead atoms. The van der Waals surface area contributed by atoms with Crippen LogP contribution in [0.15, 0.2) is 47.7 Å². The van der Waals surface area contributed by atoms with Gasteiger partial charge in [0.15, 0.2) is 5.96 Å². The lowest BCUT2D eigenvalue weighted by atomic mass is 10.1. The third-order valence-electron chi connectivity index (χ3n) is 4.88. The maximum atomic E-state index is 4.48. The summed E-state index contributed by atoms with van der Waals surface area (Å²) in [7, 11) is 1.83. The molecule has 1 aromatic carbocycles. The van der Waals surface area contributed by atoms with Gasteiger partial charge in [0.2, 0.25) is 0 Å². The highest BCUT2D eigenvalue weighted by Crippen LogP contribution is 2.19. The Morgan fingerprint density at radius 1 is 1.29 bits per heavy atom. The van der Waals surface area contributed by atoms with Crippen LogP contribution < -0.4 is 15.5 Å². The third-order valence-corrected chi connectivity index (χ3v) is 4.88. The van der Waals surface area contributed by atoms with Crippen molar-refractivity contribution in [2.45, 2.75) is 45.8 Å². The maximum absolute atomic E-state index is 4.48. The number of anilines is 1. The van der Waals surface area contributed by atoms with Gasteiger partial charge in [-0.05, 0) is 30.9 Å². The number of para-hydroxylation sites is 1. The summed E-state index contributed by atoms with van der Waals surface area (Å²) in [5.41, 5.74) is 1.29. The van der Waals surface area contributed by atoms with E-state index in [1.807, 2.05) is 19.4 Å².